The van der Waals surface area contributed by atoms with E-state index in [2.05, 4.69) is 53.3 Å². The summed E-state index contributed by atoms with van der Waals surface area (Å²) in [5, 5.41) is 3.22. The highest BCUT2D eigenvalue weighted by Crippen LogP contribution is 2.16. The van der Waals surface area contributed by atoms with Gasteiger partial charge in [-0.05, 0) is 43.7 Å². The molecule has 0 spiro atoms. The van der Waals surface area contributed by atoms with Crippen LogP contribution in [0.15, 0.2) is 42.6 Å². The number of rotatable bonds is 6. The third kappa shape index (κ3) is 3.70. The molecule has 3 nitrogen and oxygen atoms in total. The van der Waals surface area contributed by atoms with Crippen LogP contribution >= 0.6 is 0 Å². The number of halogens is 1. The Balaban J connectivity index is 1.95. The molecular formula is C16H20FN3. The van der Waals surface area contributed by atoms with E-state index in [4.69, 9.17) is 0 Å². The molecule has 0 aliphatic rings. The zero-order valence-electron chi connectivity index (χ0n) is 11.9. The fourth-order valence-electron chi connectivity index (χ4n) is 2.10. The van der Waals surface area contributed by atoms with Crippen LogP contribution in [-0.4, -0.2) is 18.1 Å². The molecule has 0 atom stereocenters. The highest BCUT2D eigenvalue weighted by atomic mass is 19.1. The van der Waals surface area contributed by atoms with Gasteiger partial charge in [0, 0.05) is 25.3 Å². The lowest BCUT2D eigenvalue weighted by molar-refractivity contribution is 0.584. The van der Waals surface area contributed by atoms with Gasteiger partial charge in [0.25, 0.3) is 0 Å². The Morgan fingerprint density at radius 3 is 2.30 bits per heavy atom. The second kappa shape index (κ2) is 6.89. The fourth-order valence-corrected chi connectivity index (χ4v) is 2.10. The first-order valence-electron chi connectivity index (χ1n) is 6.92. The molecule has 0 bridgehead atoms. The molecule has 0 fully saturated rings. The largest absolute Gasteiger partial charge is 0.380 e. The van der Waals surface area contributed by atoms with E-state index in [1.165, 1.54) is 23.5 Å². The van der Waals surface area contributed by atoms with Crippen molar-refractivity contribution in [3.05, 3.63) is 54.1 Å². The Morgan fingerprint density at radius 2 is 1.75 bits per heavy atom. The number of hydrogen-bond donors (Lipinski definition) is 1. The summed E-state index contributed by atoms with van der Waals surface area (Å²) in [7, 11) is 0. The van der Waals surface area contributed by atoms with Crippen LogP contribution in [0.25, 0.3) is 0 Å². The van der Waals surface area contributed by atoms with Crippen LogP contribution < -0.4 is 10.2 Å². The minimum absolute atomic E-state index is 0.459. The quantitative estimate of drug-likeness (QED) is 0.814. The molecule has 0 aliphatic carbocycles. The van der Waals surface area contributed by atoms with E-state index in [-0.39, 0.29) is 0 Å². The zero-order chi connectivity index (χ0) is 14.4. The molecular weight excluding hydrogens is 253 g/mol. The number of benzene rings is 1. The molecule has 4 heteroatoms. The van der Waals surface area contributed by atoms with E-state index < -0.39 is 5.95 Å². The van der Waals surface area contributed by atoms with Gasteiger partial charge in [0.05, 0.1) is 11.9 Å². The maximum atomic E-state index is 12.7. The van der Waals surface area contributed by atoms with E-state index in [1.807, 2.05) is 0 Å². The van der Waals surface area contributed by atoms with Crippen LogP contribution in [0.5, 0.6) is 0 Å². The summed E-state index contributed by atoms with van der Waals surface area (Å²) < 4.78 is 12.7. The van der Waals surface area contributed by atoms with Gasteiger partial charge in [0.1, 0.15) is 0 Å². The summed E-state index contributed by atoms with van der Waals surface area (Å²) in [5.74, 6) is -0.459. The Hall–Kier alpha value is -2.10. The Bertz CT molecular complexity index is 518. The summed E-state index contributed by atoms with van der Waals surface area (Å²) in [6.07, 6.45) is 1.50. The maximum absolute atomic E-state index is 12.7. The van der Waals surface area contributed by atoms with Crippen LogP contribution in [-0.2, 0) is 6.54 Å². The molecule has 2 rings (SSSR count). The predicted molar refractivity (Wildman–Crippen MR) is 81.5 cm³/mol. The van der Waals surface area contributed by atoms with E-state index in [0.29, 0.717) is 6.54 Å². The van der Waals surface area contributed by atoms with Gasteiger partial charge >= 0.3 is 0 Å². The molecule has 0 aliphatic heterocycles. The summed E-state index contributed by atoms with van der Waals surface area (Å²) >= 11 is 0. The van der Waals surface area contributed by atoms with E-state index in [9.17, 15) is 4.39 Å². The molecule has 2 aromatic rings. The lowest BCUT2D eigenvalue weighted by atomic mass is 10.2. The van der Waals surface area contributed by atoms with Gasteiger partial charge in [-0.15, -0.1) is 0 Å². The summed E-state index contributed by atoms with van der Waals surface area (Å²) in [6, 6.07) is 11.5. The highest BCUT2D eigenvalue weighted by Gasteiger charge is 2.01. The Labute approximate surface area is 119 Å². The first-order valence-corrected chi connectivity index (χ1v) is 6.92. The van der Waals surface area contributed by atoms with E-state index in [0.717, 1.165) is 18.8 Å². The highest BCUT2D eigenvalue weighted by molar-refractivity contribution is 5.48. The SMILES string of the molecule is CCN(CC)c1ccc(CNc2ccc(F)nc2)cc1. The van der Waals surface area contributed by atoms with Gasteiger partial charge in [0.15, 0.2) is 0 Å². The van der Waals surface area contributed by atoms with Gasteiger partial charge in [0.2, 0.25) is 5.95 Å². The van der Waals surface area contributed by atoms with E-state index in [1.54, 1.807) is 6.07 Å². The molecule has 0 saturated carbocycles. The zero-order valence-corrected chi connectivity index (χ0v) is 11.9. The van der Waals surface area contributed by atoms with Crippen molar-refractivity contribution in [2.75, 3.05) is 23.3 Å². The molecule has 0 saturated heterocycles. The van der Waals surface area contributed by atoms with Crippen molar-refractivity contribution >= 4 is 11.4 Å². The predicted octanol–water partition coefficient (Wildman–Crippen LogP) is 3.68. The first kappa shape index (κ1) is 14.3. The number of aromatic nitrogens is 1. The minimum atomic E-state index is -0.459. The van der Waals surface area contributed by atoms with Crippen molar-refractivity contribution in [3.8, 4) is 0 Å². The number of pyridine rings is 1. The molecule has 0 radical (unpaired) electrons. The maximum Gasteiger partial charge on any atom is 0.212 e. The normalized spacial score (nSPS) is 10.3. The number of anilines is 2. The number of hydrogen-bond acceptors (Lipinski definition) is 3. The second-order valence-electron chi connectivity index (χ2n) is 4.56. The molecule has 1 aromatic carbocycles. The van der Waals surface area contributed by atoms with Crippen LogP contribution in [0.2, 0.25) is 0 Å². The van der Waals surface area contributed by atoms with Gasteiger partial charge in [-0.1, -0.05) is 12.1 Å². The first-order chi connectivity index (χ1) is 9.72. The number of nitrogens with one attached hydrogen (secondary N) is 1. The molecule has 106 valence electrons. The van der Waals surface area contributed by atoms with Crippen LogP contribution in [0.3, 0.4) is 0 Å². The monoisotopic (exact) mass is 273 g/mol. The molecule has 1 N–H and O–H groups in total. The average Bonchev–Trinajstić information content (AvgIpc) is 2.49. The number of nitrogens with zero attached hydrogens (tertiary/aromatic N) is 2. The average molecular weight is 273 g/mol. The fraction of sp³-hybridized carbons (Fsp3) is 0.312. The Kier molecular flexibility index (Phi) is 4.93. The van der Waals surface area contributed by atoms with Gasteiger partial charge in [-0.3, -0.25) is 0 Å². The van der Waals surface area contributed by atoms with Gasteiger partial charge < -0.3 is 10.2 Å². The Morgan fingerprint density at radius 1 is 1.05 bits per heavy atom. The third-order valence-corrected chi connectivity index (χ3v) is 3.29. The topological polar surface area (TPSA) is 28.2 Å². The smallest absolute Gasteiger partial charge is 0.212 e. The molecule has 0 amide bonds. The lowest BCUT2D eigenvalue weighted by Gasteiger charge is -2.21. The van der Waals surface area contributed by atoms with Crippen molar-refractivity contribution < 1.29 is 4.39 Å². The van der Waals surface area contributed by atoms with Crippen molar-refractivity contribution in [2.45, 2.75) is 20.4 Å². The van der Waals surface area contributed by atoms with Gasteiger partial charge in [-0.25, -0.2) is 4.98 Å². The lowest BCUT2D eigenvalue weighted by Crippen LogP contribution is -2.21. The van der Waals surface area contributed by atoms with Crippen LogP contribution in [0, 0.1) is 5.95 Å². The summed E-state index contributed by atoms with van der Waals surface area (Å²) in [6.45, 7) is 7.03. The van der Waals surface area contributed by atoms with Gasteiger partial charge in [-0.2, -0.15) is 4.39 Å². The summed E-state index contributed by atoms with van der Waals surface area (Å²) in [5.41, 5.74) is 3.24. The van der Waals surface area contributed by atoms with Crippen molar-refractivity contribution in [1.82, 2.24) is 4.98 Å². The van der Waals surface area contributed by atoms with Crippen molar-refractivity contribution in [2.24, 2.45) is 0 Å². The second-order valence-corrected chi connectivity index (χ2v) is 4.56. The third-order valence-electron chi connectivity index (χ3n) is 3.29. The minimum Gasteiger partial charge on any atom is -0.380 e. The van der Waals surface area contributed by atoms with Crippen LogP contribution in [0.1, 0.15) is 19.4 Å². The van der Waals surface area contributed by atoms with Crippen LogP contribution in [0.4, 0.5) is 15.8 Å². The molecule has 20 heavy (non-hydrogen) atoms. The molecule has 0 unspecified atom stereocenters. The van der Waals surface area contributed by atoms with E-state index >= 15 is 0 Å². The molecule has 1 aromatic heterocycles. The summed E-state index contributed by atoms with van der Waals surface area (Å²) in [4.78, 5) is 5.92. The molecule has 1 heterocycles. The van der Waals surface area contributed by atoms with Crippen molar-refractivity contribution in [3.63, 3.8) is 0 Å². The standard InChI is InChI=1S/C16H20FN3/c1-3-20(4-2)15-8-5-13(6-9-15)11-18-14-7-10-16(17)19-12-14/h5-10,12,18H,3-4,11H2,1-2H3. The van der Waals surface area contributed by atoms with Crippen molar-refractivity contribution in [1.29, 1.82) is 0 Å².